The van der Waals surface area contributed by atoms with Crippen LogP contribution in [-0.4, -0.2) is 28.1 Å². The number of hydrogen-bond donors (Lipinski definition) is 3. The van der Waals surface area contributed by atoms with Gasteiger partial charge in [-0.05, 0) is 32.0 Å². The van der Waals surface area contributed by atoms with Crippen LogP contribution in [0.1, 0.15) is 37.7 Å². The molecule has 3 aromatic rings. The van der Waals surface area contributed by atoms with E-state index < -0.39 is 5.60 Å². The molecule has 2 heterocycles. The third-order valence-corrected chi connectivity index (χ3v) is 4.82. The predicted octanol–water partition coefficient (Wildman–Crippen LogP) is 3.85. The Morgan fingerprint density at radius 2 is 2.14 bits per heavy atom. The number of nitrogens with one attached hydrogen (secondary N) is 3. The highest BCUT2D eigenvalue weighted by Crippen LogP contribution is 2.39. The van der Waals surface area contributed by atoms with E-state index >= 15 is 0 Å². The van der Waals surface area contributed by atoms with Gasteiger partial charge in [-0.25, -0.2) is 14.2 Å². The highest BCUT2D eigenvalue weighted by molar-refractivity contribution is 5.75. The number of amides is 2. The first kappa shape index (κ1) is 18.3. The van der Waals surface area contributed by atoms with E-state index in [1.54, 1.807) is 6.07 Å². The van der Waals surface area contributed by atoms with Crippen molar-refractivity contribution in [1.82, 2.24) is 20.6 Å². The second-order valence-corrected chi connectivity index (χ2v) is 7.65. The molecular weight excluding hydrogens is 359 g/mol. The lowest BCUT2D eigenvalue weighted by Gasteiger charge is -2.37. The number of rotatable bonds is 4. The van der Waals surface area contributed by atoms with Crippen LogP contribution in [0.25, 0.3) is 11.0 Å². The van der Waals surface area contributed by atoms with Crippen LogP contribution in [0.5, 0.6) is 5.75 Å². The quantitative estimate of drug-likeness (QED) is 0.641. The zero-order chi connectivity index (χ0) is 19.7. The van der Waals surface area contributed by atoms with Crippen molar-refractivity contribution < 1.29 is 13.9 Å². The van der Waals surface area contributed by atoms with Gasteiger partial charge in [0.05, 0.1) is 17.1 Å². The van der Waals surface area contributed by atoms with Crippen molar-refractivity contribution in [3.63, 3.8) is 0 Å². The number of carbonyl (C=O) groups excluding carboxylic acids is 1. The lowest BCUT2D eigenvalue weighted by Crippen LogP contribution is -2.44. The van der Waals surface area contributed by atoms with Gasteiger partial charge in [0.2, 0.25) is 0 Å². The largest absolute Gasteiger partial charge is 0.487 e. The summed E-state index contributed by atoms with van der Waals surface area (Å²) in [5.74, 6) is 0.948. The fraction of sp³-hybridized carbons (Fsp3) is 0.333. The van der Waals surface area contributed by atoms with Gasteiger partial charge in [0.15, 0.2) is 0 Å². The summed E-state index contributed by atoms with van der Waals surface area (Å²) in [7, 11) is 0. The number of nitrogens with zero attached hydrogens (tertiary/aromatic N) is 1. The van der Waals surface area contributed by atoms with Crippen molar-refractivity contribution in [2.24, 2.45) is 0 Å². The highest BCUT2D eigenvalue weighted by atomic mass is 19.1. The zero-order valence-electron chi connectivity index (χ0n) is 15.9. The maximum atomic E-state index is 13.6. The molecule has 1 unspecified atom stereocenters. The number of ether oxygens (including phenoxy) is 1. The third-order valence-electron chi connectivity index (χ3n) is 4.82. The van der Waals surface area contributed by atoms with Crippen LogP contribution in [0.2, 0.25) is 0 Å². The maximum Gasteiger partial charge on any atom is 0.315 e. The molecular formula is C21H23FN4O2. The molecule has 1 aromatic heterocycles. The molecule has 146 valence electrons. The summed E-state index contributed by atoms with van der Waals surface area (Å²) in [5.41, 5.74) is 2.19. The Morgan fingerprint density at radius 3 is 2.96 bits per heavy atom. The summed E-state index contributed by atoms with van der Waals surface area (Å²) in [6.45, 7) is 4.30. The normalized spacial score (nSPS) is 17.6. The van der Waals surface area contributed by atoms with E-state index in [2.05, 4.69) is 20.6 Å². The molecule has 0 saturated heterocycles. The average molecular weight is 382 g/mol. The summed E-state index contributed by atoms with van der Waals surface area (Å²) in [5, 5.41) is 5.85. The second-order valence-electron chi connectivity index (χ2n) is 7.65. The molecule has 0 radical (unpaired) electrons. The van der Waals surface area contributed by atoms with Gasteiger partial charge in [0.25, 0.3) is 0 Å². The topological polar surface area (TPSA) is 79.0 Å². The first-order valence-electron chi connectivity index (χ1n) is 9.36. The fourth-order valence-electron chi connectivity index (χ4n) is 3.58. The lowest BCUT2D eigenvalue weighted by atomic mass is 9.90. The molecule has 7 heteroatoms. The number of halogens is 1. The molecule has 28 heavy (non-hydrogen) atoms. The summed E-state index contributed by atoms with van der Waals surface area (Å²) >= 11 is 0. The van der Waals surface area contributed by atoms with E-state index in [1.165, 1.54) is 12.1 Å². The third kappa shape index (κ3) is 3.93. The number of para-hydroxylation sites is 2. The molecule has 0 aliphatic carbocycles. The molecule has 0 saturated carbocycles. The lowest BCUT2D eigenvalue weighted by molar-refractivity contribution is 0.0674. The molecule has 1 aliphatic heterocycles. The number of hydrogen-bond acceptors (Lipinski definition) is 3. The van der Waals surface area contributed by atoms with Crippen LogP contribution in [-0.2, 0) is 6.42 Å². The number of imidazole rings is 1. The monoisotopic (exact) mass is 382 g/mol. The first-order valence-corrected chi connectivity index (χ1v) is 9.36. The average Bonchev–Trinajstić information content (AvgIpc) is 3.03. The van der Waals surface area contributed by atoms with Gasteiger partial charge in [-0.3, -0.25) is 0 Å². The summed E-state index contributed by atoms with van der Waals surface area (Å²) < 4.78 is 19.4. The first-order chi connectivity index (χ1) is 13.4. The highest BCUT2D eigenvalue weighted by Gasteiger charge is 2.34. The van der Waals surface area contributed by atoms with Gasteiger partial charge in [-0.1, -0.05) is 18.2 Å². The number of fused-ring (bicyclic) bond motifs is 2. The smallest absolute Gasteiger partial charge is 0.315 e. The van der Waals surface area contributed by atoms with Gasteiger partial charge in [0, 0.05) is 31.0 Å². The van der Waals surface area contributed by atoms with Crippen LogP contribution in [0.15, 0.2) is 42.5 Å². The number of H-pyrrole nitrogens is 1. The van der Waals surface area contributed by atoms with Crippen LogP contribution in [0.4, 0.5) is 9.18 Å². The van der Waals surface area contributed by atoms with Gasteiger partial charge in [0.1, 0.15) is 23.0 Å². The van der Waals surface area contributed by atoms with Crippen molar-refractivity contribution in [3.05, 3.63) is 59.7 Å². The molecule has 0 spiro atoms. The number of benzene rings is 2. The number of urea groups is 1. The molecule has 2 amide bonds. The minimum absolute atomic E-state index is 0.245. The van der Waals surface area contributed by atoms with Crippen LogP contribution < -0.4 is 15.4 Å². The van der Waals surface area contributed by atoms with Gasteiger partial charge in [-0.2, -0.15) is 0 Å². The minimum atomic E-state index is -0.493. The Balaban J connectivity index is 1.37. The maximum absolute atomic E-state index is 13.6. The van der Waals surface area contributed by atoms with Crippen molar-refractivity contribution in [1.29, 1.82) is 0 Å². The fourth-order valence-corrected chi connectivity index (χ4v) is 3.58. The van der Waals surface area contributed by atoms with E-state index in [-0.39, 0.29) is 17.9 Å². The summed E-state index contributed by atoms with van der Waals surface area (Å²) in [6.07, 6.45) is 1.20. The molecule has 6 nitrogen and oxygen atoms in total. The standard InChI is InChI=1S/C21H23FN4O2/c1-21(2)12-17(14-8-7-13(22)11-18(14)28-21)26-20(27)23-10-9-19-24-15-5-3-4-6-16(15)25-19/h3-8,11,17H,9-10,12H2,1-2H3,(H,24,25)(H2,23,26,27). The predicted molar refractivity (Wildman–Crippen MR) is 105 cm³/mol. The van der Waals surface area contributed by atoms with Crippen molar-refractivity contribution in [2.75, 3.05) is 6.54 Å². The Labute approximate surface area is 162 Å². The van der Waals surface area contributed by atoms with Crippen molar-refractivity contribution in [2.45, 2.75) is 38.3 Å². The zero-order valence-corrected chi connectivity index (χ0v) is 15.9. The Hall–Kier alpha value is -3.09. The number of aromatic nitrogens is 2. The molecule has 1 atom stereocenters. The SMILES string of the molecule is CC1(C)CC(NC(=O)NCCc2nc3ccccc3[nH]2)c2ccc(F)cc2O1. The van der Waals surface area contributed by atoms with Crippen LogP contribution >= 0.6 is 0 Å². The van der Waals surface area contributed by atoms with E-state index in [0.29, 0.717) is 25.1 Å². The van der Waals surface area contributed by atoms with Gasteiger partial charge < -0.3 is 20.4 Å². The number of aromatic amines is 1. The summed E-state index contributed by atoms with van der Waals surface area (Å²) in [6, 6.07) is 11.7. The molecule has 3 N–H and O–H groups in total. The van der Waals surface area contributed by atoms with Crippen molar-refractivity contribution in [3.8, 4) is 5.75 Å². The van der Waals surface area contributed by atoms with E-state index in [0.717, 1.165) is 22.4 Å². The molecule has 0 bridgehead atoms. The summed E-state index contributed by atoms with van der Waals surface area (Å²) in [4.78, 5) is 20.1. The van der Waals surface area contributed by atoms with Crippen LogP contribution in [0, 0.1) is 5.82 Å². The van der Waals surface area contributed by atoms with Crippen LogP contribution in [0.3, 0.4) is 0 Å². The van der Waals surface area contributed by atoms with E-state index in [1.807, 2.05) is 38.1 Å². The van der Waals surface area contributed by atoms with Gasteiger partial charge >= 0.3 is 6.03 Å². The molecule has 1 aliphatic rings. The van der Waals surface area contributed by atoms with E-state index in [9.17, 15) is 9.18 Å². The second kappa shape index (κ2) is 7.14. The van der Waals surface area contributed by atoms with Gasteiger partial charge in [-0.15, -0.1) is 0 Å². The molecule has 2 aromatic carbocycles. The minimum Gasteiger partial charge on any atom is -0.487 e. The van der Waals surface area contributed by atoms with E-state index in [4.69, 9.17) is 4.74 Å². The molecule has 4 rings (SSSR count). The molecule has 0 fully saturated rings. The number of carbonyl (C=O) groups is 1. The Bertz CT molecular complexity index is 982. The van der Waals surface area contributed by atoms with Crippen molar-refractivity contribution >= 4 is 17.1 Å². The Morgan fingerprint density at radius 1 is 1.32 bits per heavy atom. The Kier molecular flexibility index (Phi) is 4.66.